The number of amides is 2. The Balaban J connectivity index is 2.37. The number of carbonyl (C=O) groups excluding carboxylic acids is 2. The van der Waals surface area contributed by atoms with Crippen molar-refractivity contribution in [3.8, 4) is 0 Å². The lowest BCUT2D eigenvalue weighted by Gasteiger charge is -2.19. The molecule has 0 saturated heterocycles. The largest absolute Gasteiger partial charge is 0.444 e. The average Bonchev–Trinajstić information content (AvgIpc) is 2.35. The molecule has 0 saturated carbocycles. The molecule has 0 aromatic heterocycles. The van der Waals surface area contributed by atoms with Crippen molar-refractivity contribution < 1.29 is 14.3 Å². The third kappa shape index (κ3) is 7.17. The Bertz CT molecular complexity index is 551. The van der Waals surface area contributed by atoms with Gasteiger partial charge in [-0.1, -0.05) is 17.7 Å². The van der Waals surface area contributed by atoms with Crippen molar-refractivity contribution in [2.24, 2.45) is 0 Å². The summed E-state index contributed by atoms with van der Waals surface area (Å²) in [5.74, 6) is -0.0968. The molecule has 5 nitrogen and oxygen atoms in total. The lowest BCUT2D eigenvalue weighted by atomic mass is 10.00. The van der Waals surface area contributed by atoms with Crippen molar-refractivity contribution in [1.29, 1.82) is 0 Å². The predicted octanol–water partition coefficient (Wildman–Crippen LogP) is 3.14. The lowest BCUT2D eigenvalue weighted by Crippen LogP contribution is -2.35. The fourth-order valence-corrected chi connectivity index (χ4v) is 2.36. The molecule has 0 bridgehead atoms. The summed E-state index contributed by atoms with van der Waals surface area (Å²) in [5, 5.41) is 5.47. The Hall–Kier alpha value is -2.04. The molecule has 1 rings (SSSR count). The van der Waals surface area contributed by atoms with Crippen LogP contribution in [0.2, 0.25) is 0 Å². The minimum absolute atomic E-state index is 0.0968. The van der Waals surface area contributed by atoms with E-state index in [0.717, 1.165) is 5.56 Å². The maximum atomic E-state index is 11.9. The van der Waals surface area contributed by atoms with E-state index in [0.29, 0.717) is 6.54 Å². The SMILES string of the molecule is Cc1cc(C)c(CNC(=O)CCNC(=O)OC(C)(C)C)c(C)c1. The molecule has 128 valence electrons. The number of alkyl carbamates (subject to hydrolysis) is 1. The van der Waals surface area contributed by atoms with Gasteiger partial charge in [-0.3, -0.25) is 4.79 Å². The molecule has 5 heteroatoms. The van der Waals surface area contributed by atoms with Gasteiger partial charge in [-0.25, -0.2) is 4.79 Å². The Morgan fingerprint density at radius 3 is 2.13 bits per heavy atom. The first-order chi connectivity index (χ1) is 10.6. The van der Waals surface area contributed by atoms with Gasteiger partial charge in [-0.15, -0.1) is 0 Å². The normalized spacial score (nSPS) is 11.0. The summed E-state index contributed by atoms with van der Waals surface area (Å²) < 4.78 is 5.11. The lowest BCUT2D eigenvalue weighted by molar-refractivity contribution is -0.121. The van der Waals surface area contributed by atoms with Crippen molar-refractivity contribution in [3.63, 3.8) is 0 Å². The molecule has 0 radical (unpaired) electrons. The zero-order chi connectivity index (χ0) is 17.6. The minimum atomic E-state index is -0.535. The van der Waals surface area contributed by atoms with E-state index in [1.54, 1.807) is 20.8 Å². The zero-order valence-corrected chi connectivity index (χ0v) is 15.0. The van der Waals surface area contributed by atoms with E-state index in [-0.39, 0.29) is 18.9 Å². The summed E-state index contributed by atoms with van der Waals surface area (Å²) in [4.78, 5) is 23.3. The Labute approximate surface area is 138 Å². The first-order valence-corrected chi connectivity index (χ1v) is 7.89. The zero-order valence-electron chi connectivity index (χ0n) is 15.0. The molecule has 0 heterocycles. The molecule has 0 fully saturated rings. The van der Waals surface area contributed by atoms with E-state index in [9.17, 15) is 9.59 Å². The van der Waals surface area contributed by atoms with E-state index in [1.165, 1.54) is 16.7 Å². The van der Waals surface area contributed by atoms with Crippen LogP contribution in [-0.2, 0) is 16.1 Å². The third-order valence-corrected chi connectivity index (χ3v) is 3.32. The number of ether oxygens (including phenoxy) is 1. The second kappa shape index (κ2) is 7.99. The van der Waals surface area contributed by atoms with E-state index in [4.69, 9.17) is 4.74 Å². The molecule has 0 aliphatic carbocycles. The Kier molecular flexibility index (Phi) is 6.61. The number of hydrogen-bond acceptors (Lipinski definition) is 3. The summed E-state index contributed by atoms with van der Waals surface area (Å²) in [6.45, 7) is 12.3. The van der Waals surface area contributed by atoms with Gasteiger partial charge in [0.05, 0.1) is 0 Å². The van der Waals surface area contributed by atoms with Crippen LogP contribution in [0.15, 0.2) is 12.1 Å². The van der Waals surface area contributed by atoms with Gasteiger partial charge in [0, 0.05) is 19.5 Å². The van der Waals surface area contributed by atoms with Crippen molar-refractivity contribution >= 4 is 12.0 Å². The number of nitrogens with one attached hydrogen (secondary N) is 2. The summed E-state index contributed by atoms with van der Waals surface area (Å²) in [6, 6.07) is 4.22. The van der Waals surface area contributed by atoms with Crippen molar-refractivity contribution in [1.82, 2.24) is 10.6 Å². The van der Waals surface area contributed by atoms with Gasteiger partial charge >= 0.3 is 6.09 Å². The molecular weight excluding hydrogens is 292 g/mol. The smallest absolute Gasteiger partial charge is 0.407 e. The van der Waals surface area contributed by atoms with E-state index < -0.39 is 11.7 Å². The van der Waals surface area contributed by atoms with Gasteiger partial charge in [-0.2, -0.15) is 0 Å². The third-order valence-electron chi connectivity index (χ3n) is 3.32. The number of carbonyl (C=O) groups is 2. The average molecular weight is 320 g/mol. The Morgan fingerprint density at radius 1 is 1.04 bits per heavy atom. The van der Waals surface area contributed by atoms with E-state index in [2.05, 4.69) is 29.7 Å². The van der Waals surface area contributed by atoms with Gasteiger partial charge in [0.25, 0.3) is 0 Å². The number of benzene rings is 1. The predicted molar refractivity (Wildman–Crippen MR) is 91.4 cm³/mol. The van der Waals surface area contributed by atoms with Crippen molar-refractivity contribution in [3.05, 3.63) is 34.4 Å². The summed E-state index contributed by atoms with van der Waals surface area (Å²) >= 11 is 0. The topological polar surface area (TPSA) is 67.4 Å². The van der Waals surface area contributed by atoms with Crippen LogP contribution in [0.5, 0.6) is 0 Å². The van der Waals surface area contributed by atoms with Gasteiger partial charge in [-0.05, 0) is 58.2 Å². The van der Waals surface area contributed by atoms with Gasteiger partial charge < -0.3 is 15.4 Å². The molecule has 2 amide bonds. The molecule has 1 aromatic carbocycles. The second-order valence-corrected chi connectivity index (χ2v) is 6.83. The molecule has 2 N–H and O–H groups in total. The fourth-order valence-electron chi connectivity index (χ4n) is 2.36. The van der Waals surface area contributed by atoms with Crippen LogP contribution in [0.1, 0.15) is 49.4 Å². The number of rotatable bonds is 5. The van der Waals surface area contributed by atoms with Crippen LogP contribution < -0.4 is 10.6 Å². The number of hydrogen-bond donors (Lipinski definition) is 2. The molecule has 0 aliphatic heterocycles. The second-order valence-electron chi connectivity index (χ2n) is 6.83. The fraction of sp³-hybridized carbons (Fsp3) is 0.556. The van der Waals surface area contributed by atoms with Gasteiger partial charge in [0.1, 0.15) is 5.60 Å². The monoisotopic (exact) mass is 320 g/mol. The van der Waals surface area contributed by atoms with Crippen LogP contribution in [0.25, 0.3) is 0 Å². The van der Waals surface area contributed by atoms with Crippen LogP contribution >= 0.6 is 0 Å². The van der Waals surface area contributed by atoms with Gasteiger partial charge in [0.2, 0.25) is 5.91 Å². The molecule has 0 aliphatic rings. The van der Waals surface area contributed by atoms with E-state index in [1.807, 2.05) is 13.8 Å². The van der Waals surface area contributed by atoms with Crippen LogP contribution in [0.4, 0.5) is 4.79 Å². The highest BCUT2D eigenvalue weighted by atomic mass is 16.6. The Morgan fingerprint density at radius 2 is 1.61 bits per heavy atom. The van der Waals surface area contributed by atoms with Gasteiger partial charge in [0.15, 0.2) is 0 Å². The highest BCUT2D eigenvalue weighted by Crippen LogP contribution is 2.16. The maximum absolute atomic E-state index is 11.9. The van der Waals surface area contributed by atoms with Crippen LogP contribution in [-0.4, -0.2) is 24.1 Å². The highest BCUT2D eigenvalue weighted by Gasteiger charge is 2.15. The minimum Gasteiger partial charge on any atom is -0.444 e. The first-order valence-electron chi connectivity index (χ1n) is 7.89. The van der Waals surface area contributed by atoms with Crippen LogP contribution in [0, 0.1) is 20.8 Å². The number of aryl methyl sites for hydroxylation is 3. The quantitative estimate of drug-likeness (QED) is 0.876. The summed E-state index contributed by atoms with van der Waals surface area (Å²) in [6.07, 6.45) is -0.279. The standard InChI is InChI=1S/C18H28N2O3/c1-12-9-13(2)15(14(3)10-12)11-20-16(21)7-8-19-17(22)23-18(4,5)6/h9-10H,7-8,11H2,1-6H3,(H,19,22)(H,20,21). The molecule has 0 atom stereocenters. The highest BCUT2D eigenvalue weighted by molar-refractivity contribution is 5.77. The summed E-state index contributed by atoms with van der Waals surface area (Å²) in [7, 11) is 0. The van der Waals surface area contributed by atoms with E-state index >= 15 is 0 Å². The van der Waals surface area contributed by atoms with Crippen molar-refractivity contribution in [2.45, 2.75) is 60.1 Å². The molecule has 0 unspecified atom stereocenters. The molecule has 23 heavy (non-hydrogen) atoms. The first kappa shape index (κ1) is 19.0. The molecule has 0 spiro atoms. The molecular formula is C18H28N2O3. The van der Waals surface area contributed by atoms with Crippen molar-refractivity contribution in [2.75, 3.05) is 6.54 Å². The van der Waals surface area contributed by atoms with Crippen LogP contribution in [0.3, 0.4) is 0 Å². The molecule has 1 aromatic rings. The maximum Gasteiger partial charge on any atom is 0.407 e. The summed E-state index contributed by atoms with van der Waals surface area (Å²) in [5.41, 5.74) is 4.18.